The lowest BCUT2D eigenvalue weighted by molar-refractivity contribution is -0.145. The molecule has 0 unspecified atom stereocenters. The summed E-state index contributed by atoms with van der Waals surface area (Å²) in [6, 6.07) is 20.6. The minimum atomic E-state index is -1.00. The number of carboxylic acid groups (broad SMARTS) is 1. The Morgan fingerprint density at radius 3 is 2.52 bits per heavy atom. The number of hydrogen-bond acceptors (Lipinski definition) is 2. The van der Waals surface area contributed by atoms with Gasteiger partial charge in [-0.25, -0.2) is 4.79 Å². The van der Waals surface area contributed by atoms with Gasteiger partial charge < -0.3 is 9.84 Å². The molecule has 3 aromatic carbocycles. The van der Waals surface area contributed by atoms with Crippen LogP contribution in [-0.4, -0.2) is 17.2 Å². The first-order valence-corrected chi connectivity index (χ1v) is 7.62. The molecule has 0 aliphatic heterocycles. The van der Waals surface area contributed by atoms with E-state index in [4.69, 9.17) is 16.3 Å². The number of carbonyl (C=O) groups is 1. The van der Waals surface area contributed by atoms with Gasteiger partial charge in [0.25, 0.3) is 0 Å². The van der Waals surface area contributed by atoms with Gasteiger partial charge in [0, 0.05) is 11.4 Å². The van der Waals surface area contributed by atoms with Gasteiger partial charge in [-0.3, -0.25) is 0 Å². The molecule has 0 spiro atoms. The smallest absolute Gasteiger partial charge is 0.345 e. The second-order valence-corrected chi connectivity index (χ2v) is 5.72. The number of carboxylic acids is 1. The molecule has 3 aromatic rings. The van der Waals surface area contributed by atoms with Gasteiger partial charge in [-0.1, -0.05) is 54.1 Å². The van der Waals surface area contributed by atoms with Crippen molar-refractivity contribution in [1.29, 1.82) is 0 Å². The first kappa shape index (κ1) is 15.4. The zero-order chi connectivity index (χ0) is 16.2. The standard InChI is InChI=1S/C19H15ClO3/c20-16-7-3-4-13(10-16)11-18(19(21)22)23-17-9-8-14-5-1-2-6-15(14)12-17/h1-10,12,18H,11H2,(H,21,22)/t18-/m1/s1. The molecular weight excluding hydrogens is 312 g/mol. The largest absolute Gasteiger partial charge is 0.478 e. The SMILES string of the molecule is O=C(O)[C@@H](Cc1cccc(Cl)c1)Oc1ccc2ccccc2c1. The van der Waals surface area contributed by atoms with Crippen molar-refractivity contribution in [2.24, 2.45) is 0 Å². The van der Waals surface area contributed by atoms with Crippen molar-refractivity contribution in [2.75, 3.05) is 0 Å². The maximum absolute atomic E-state index is 11.5. The highest BCUT2D eigenvalue weighted by Gasteiger charge is 2.20. The van der Waals surface area contributed by atoms with E-state index < -0.39 is 12.1 Å². The summed E-state index contributed by atoms with van der Waals surface area (Å²) in [7, 11) is 0. The van der Waals surface area contributed by atoms with E-state index >= 15 is 0 Å². The van der Waals surface area contributed by atoms with E-state index in [2.05, 4.69) is 0 Å². The van der Waals surface area contributed by atoms with Crippen LogP contribution >= 0.6 is 11.6 Å². The van der Waals surface area contributed by atoms with Crippen molar-refractivity contribution in [3.63, 3.8) is 0 Å². The summed E-state index contributed by atoms with van der Waals surface area (Å²) in [5.74, 6) is -0.462. The number of ether oxygens (including phenoxy) is 1. The maximum atomic E-state index is 11.5. The molecule has 0 fully saturated rings. The highest BCUT2D eigenvalue weighted by Crippen LogP contribution is 2.22. The van der Waals surface area contributed by atoms with Crippen LogP contribution in [0.15, 0.2) is 66.7 Å². The Labute approximate surface area is 139 Å². The zero-order valence-electron chi connectivity index (χ0n) is 12.3. The topological polar surface area (TPSA) is 46.5 Å². The predicted molar refractivity (Wildman–Crippen MR) is 91.2 cm³/mol. The molecule has 1 N–H and O–H groups in total. The van der Waals surface area contributed by atoms with E-state index in [1.807, 2.05) is 42.5 Å². The highest BCUT2D eigenvalue weighted by molar-refractivity contribution is 6.30. The van der Waals surface area contributed by atoms with Gasteiger partial charge in [0.05, 0.1) is 0 Å². The number of rotatable bonds is 5. The van der Waals surface area contributed by atoms with E-state index in [1.54, 1.807) is 24.3 Å². The minimum Gasteiger partial charge on any atom is -0.478 e. The maximum Gasteiger partial charge on any atom is 0.345 e. The Morgan fingerprint density at radius 2 is 1.78 bits per heavy atom. The molecule has 116 valence electrons. The molecule has 3 nitrogen and oxygen atoms in total. The summed E-state index contributed by atoms with van der Waals surface area (Å²) in [5.41, 5.74) is 0.825. The first-order valence-electron chi connectivity index (χ1n) is 7.24. The Kier molecular flexibility index (Phi) is 4.49. The Morgan fingerprint density at radius 1 is 1.00 bits per heavy atom. The lowest BCUT2D eigenvalue weighted by atomic mass is 10.1. The van der Waals surface area contributed by atoms with Crippen molar-refractivity contribution >= 4 is 28.3 Å². The van der Waals surface area contributed by atoms with Gasteiger partial charge in [0.15, 0.2) is 6.10 Å². The third-order valence-corrected chi connectivity index (χ3v) is 3.82. The van der Waals surface area contributed by atoms with Gasteiger partial charge >= 0.3 is 5.97 Å². The van der Waals surface area contributed by atoms with Gasteiger partial charge in [-0.15, -0.1) is 0 Å². The summed E-state index contributed by atoms with van der Waals surface area (Å²) in [4.78, 5) is 11.5. The van der Waals surface area contributed by atoms with Gasteiger partial charge in [0.2, 0.25) is 0 Å². The van der Waals surface area contributed by atoms with Crippen molar-refractivity contribution in [3.8, 4) is 5.75 Å². The molecule has 4 heteroatoms. The molecule has 3 rings (SSSR count). The van der Waals surface area contributed by atoms with Crippen molar-refractivity contribution in [1.82, 2.24) is 0 Å². The summed E-state index contributed by atoms with van der Waals surface area (Å²) in [5, 5.41) is 12.1. The summed E-state index contributed by atoms with van der Waals surface area (Å²) in [6.45, 7) is 0. The summed E-state index contributed by atoms with van der Waals surface area (Å²) in [6.07, 6.45) is -0.711. The second-order valence-electron chi connectivity index (χ2n) is 5.29. The van der Waals surface area contributed by atoms with E-state index in [-0.39, 0.29) is 6.42 Å². The monoisotopic (exact) mass is 326 g/mol. The normalized spacial score (nSPS) is 12.0. The molecule has 0 saturated heterocycles. The number of hydrogen-bond donors (Lipinski definition) is 1. The van der Waals surface area contributed by atoms with Crippen LogP contribution in [0.25, 0.3) is 10.8 Å². The Bertz CT molecular complexity index is 845. The van der Waals surface area contributed by atoms with E-state index in [0.29, 0.717) is 10.8 Å². The molecule has 0 aromatic heterocycles. The van der Waals surface area contributed by atoms with E-state index in [9.17, 15) is 9.90 Å². The quantitative estimate of drug-likeness (QED) is 0.747. The van der Waals surface area contributed by atoms with E-state index in [1.165, 1.54) is 0 Å². The number of halogens is 1. The van der Waals surface area contributed by atoms with Crippen LogP contribution in [0.1, 0.15) is 5.56 Å². The number of fused-ring (bicyclic) bond motifs is 1. The van der Waals surface area contributed by atoms with Crippen LogP contribution in [0.4, 0.5) is 0 Å². The average Bonchev–Trinajstić information content (AvgIpc) is 2.54. The molecule has 0 bridgehead atoms. The number of aliphatic carboxylic acids is 1. The summed E-state index contributed by atoms with van der Waals surface area (Å²) < 4.78 is 5.69. The minimum absolute atomic E-state index is 0.253. The third kappa shape index (κ3) is 3.82. The van der Waals surface area contributed by atoms with Crippen molar-refractivity contribution < 1.29 is 14.6 Å². The molecule has 0 aliphatic carbocycles. The van der Waals surface area contributed by atoms with Gasteiger partial charge in [0.1, 0.15) is 5.75 Å². The van der Waals surface area contributed by atoms with Crippen molar-refractivity contribution in [2.45, 2.75) is 12.5 Å². The van der Waals surface area contributed by atoms with Crippen LogP contribution in [0.2, 0.25) is 5.02 Å². The summed E-state index contributed by atoms with van der Waals surface area (Å²) >= 11 is 5.95. The van der Waals surface area contributed by atoms with Crippen molar-refractivity contribution in [3.05, 3.63) is 77.3 Å². The highest BCUT2D eigenvalue weighted by atomic mass is 35.5. The molecule has 1 atom stereocenters. The molecule has 0 heterocycles. The van der Waals surface area contributed by atoms with Crippen LogP contribution < -0.4 is 4.74 Å². The van der Waals surface area contributed by atoms with Gasteiger partial charge in [-0.05, 0) is 40.6 Å². The fourth-order valence-electron chi connectivity index (χ4n) is 2.46. The molecule has 23 heavy (non-hydrogen) atoms. The predicted octanol–water partition coefficient (Wildman–Crippen LogP) is 4.57. The van der Waals surface area contributed by atoms with Crippen LogP contribution in [-0.2, 0) is 11.2 Å². The molecule has 0 amide bonds. The van der Waals surface area contributed by atoms with Gasteiger partial charge in [-0.2, -0.15) is 0 Å². The van der Waals surface area contributed by atoms with Crippen LogP contribution in [0, 0.1) is 0 Å². The third-order valence-electron chi connectivity index (χ3n) is 3.58. The molecule has 0 aliphatic rings. The molecular formula is C19H15ClO3. The van der Waals surface area contributed by atoms with E-state index in [0.717, 1.165) is 16.3 Å². The average molecular weight is 327 g/mol. The number of benzene rings is 3. The Hall–Kier alpha value is -2.52. The lowest BCUT2D eigenvalue weighted by Crippen LogP contribution is -2.29. The molecule has 0 radical (unpaired) electrons. The lowest BCUT2D eigenvalue weighted by Gasteiger charge is -2.16. The Balaban J connectivity index is 1.82. The fraction of sp³-hybridized carbons (Fsp3) is 0.105. The zero-order valence-corrected chi connectivity index (χ0v) is 13.0. The molecule has 0 saturated carbocycles. The fourth-order valence-corrected chi connectivity index (χ4v) is 2.68. The second kappa shape index (κ2) is 6.71. The first-order chi connectivity index (χ1) is 11.1. The van der Waals surface area contributed by atoms with Crippen LogP contribution in [0.3, 0.4) is 0 Å². The van der Waals surface area contributed by atoms with Crippen LogP contribution in [0.5, 0.6) is 5.75 Å².